The van der Waals surface area contributed by atoms with Gasteiger partial charge < -0.3 is 10.1 Å². The topological polar surface area (TPSA) is 41.6 Å². The van der Waals surface area contributed by atoms with Crippen LogP contribution in [0.5, 0.6) is 0 Å². The van der Waals surface area contributed by atoms with Crippen LogP contribution in [0, 0.1) is 11.7 Å². The highest BCUT2D eigenvalue weighted by atomic mass is 19.1. The quantitative estimate of drug-likeness (QED) is 0.920. The number of morpholine rings is 1. The molecule has 132 valence electrons. The predicted molar refractivity (Wildman–Crippen MR) is 91.1 cm³/mol. The third kappa shape index (κ3) is 4.54. The average Bonchev–Trinajstić information content (AvgIpc) is 2.58. The molecule has 1 amide bonds. The third-order valence-electron chi connectivity index (χ3n) is 5.22. The second kappa shape index (κ2) is 8.08. The van der Waals surface area contributed by atoms with Gasteiger partial charge in [0.15, 0.2) is 0 Å². The van der Waals surface area contributed by atoms with Crippen molar-refractivity contribution in [2.75, 3.05) is 26.2 Å². The lowest BCUT2D eigenvalue weighted by atomic mass is 9.86. The van der Waals surface area contributed by atoms with E-state index < -0.39 is 0 Å². The van der Waals surface area contributed by atoms with Crippen molar-refractivity contribution in [3.63, 3.8) is 0 Å². The van der Waals surface area contributed by atoms with Crippen LogP contribution in [0.2, 0.25) is 0 Å². The lowest BCUT2D eigenvalue weighted by Crippen LogP contribution is -2.48. The maximum Gasteiger partial charge on any atom is 0.234 e. The number of hydrogen-bond acceptors (Lipinski definition) is 3. The van der Waals surface area contributed by atoms with E-state index in [-0.39, 0.29) is 17.8 Å². The smallest absolute Gasteiger partial charge is 0.234 e. The Hall–Kier alpha value is -1.46. The van der Waals surface area contributed by atoms with Gasteiger partial charge in [0, 0.05) is 19.1 Å². The fraction of sp³-hybridized carbons (Fsp3) is 0.632. The van der Waals surface area contributed by atoms with Crippen LogP contribution in [-0.2, 0) is 9.53 Å². The molecule has 1 aliphatic heterocycles. The van der Waals surface area contributed by atoms with Crippen molar-refractivity contribution in [3.8, 4) is 0 Å². The van der Waals surface area contributed by atoms with Gasteiger partial charge in [0.2, 0.25) is 5.91 Å². The van der Waals surface area contributed by atoms with Crippen molar-refractivity contribution in [2.45, 2.75) is 44.8 Å². The molecular weight excluding hydrogens is 307 g/mol. The number of benzene rings is 1. The second-order valence-electron chi connectivity index (χ2n) is 7.08. The summed E-state index contributed by atoms with van der Waals surface area (Å²) in [5, 5.41) is 3.21. The summed E-state index contributed by atoms with van der Waals surface area (Å²) in [6.45, 7) is 4.65. The summed E-state index contributed by atoms with van der Waals surface area (Å²) < 4.78 is 18.8. The average molecular weight is 334 g/mol. The van der Waals surface area contributed by atoms with E-state index in [1.54, 1.807) is 12.1 Å². The minimum Gasteiger partial charge on any atom is -0.371 e. The van der Waals surface area contributed by atoms with Gasteiger partial charge in [-0.1, -0.05) is 31.9 Å². The summed E-state index contributed by atoms with van der Waals surface area (Å²) in [5.41, 5.74) is 0.961. The summed E-state index contributed by atoms with van der Waals surface area (Å²) in [5.74, 6) is 0.431. The molecule has 3 unspecified atom stereocenters. The largest absolute Gasteiger partial charge is 0.371 e. The highest BCUT2D eigenvalue weighted by molar-refractivity contribution is 5.78. The number of hydrogen-bond donors (Lipinski definition) is 1. The first-order chi connectivity index (χ1) is 11.6. The van der Waals surface area contributed by atoms with Crippen molar-refractivity contribution in [2.24, 2.45) is 5.92 Å². The zero-order chi connectivity index (χ0) is 16.9. The summed E-state index contributed by atoms with van der Waals surface area (Å²) in [6, 6.07) is 6.74. The van der Waals surface area contributed by atoms with E-state index in [0.717, 1.165) is 18.5 Å². The van der Waals surface area contributed by atoms with Gasteiger partial charge in [-0.15, -0.1) is 0 Å². The van der Waals surface area contributed by atoms with Gasteiger partial charge >= 0.3 is 0 Å². The van der Waals surface area contributed by atoms with Gasteiger partial charge in [-0.25, -0.2) is 4.39 Å². The lowest BCUT2D eigenvalue weighted by Gasteiger charge is -2.34. The Morgan fingerprint density at radius 2 is 2.04 bits per heavy atom. The molecule has 1 aliphatic carbocycles. The summed E-state index contributed by atoms with van der Waals surface area (Å²) in [7, 11) is 0. The Bertz CT molecular complexity index is 549. The first kappa shape index (κ1) is 17.4. The number of carbonyl (C=O) groups is 1. The van der Waals surface area contributed by atoms with Crippen molar-refractivity contribution in [1.29, 1.82) is 0 Å². The lowest BCUT2D eigenvalue weighted by molar-refractivity contribution is -0.125. The van der Waals surface area contributed by atoms with Crippen LogP contribution in [0.1, 0.15) is 44.3 Å². The van der Waals surface area contributed by atoms with Gasteiger partial charge in [-0.05, 0) is 36.5 Å². The fourth-order valence-electron chi connectivity index (χ4n) is 3.71. The van der Waals surface area contributed by atoms with Crippen molar-refractivity contribution >= 4 is 5.91 Å². The van der Waals surface area contributed by atoms with Crippen molar-refractivity contribution < 1.29 is 13.9 Å². The van der Waals surface area contributed by atoms with Gasteiger partial charge in [-0.2, -0.15) is 0 Å². The molecule has 1 heterocycles. The molecule has 3 rings (SSSR count). The monoisotopic (exact) mass is 334 g/mol. The fourth-order valence-corrected chi connectivity index (χ4v) is 3.71. The summed E-state index contributed by atoms with van der Waals surface area (Å²) >= 11 is 0. The zero-order valence-corrected chi connectivity index (χ0v) is 14.3. The molecule has 1 saturated carbocycles. The standard InChI is InChI=1S/C19H27FN2O2/c1-14-4-2-3-5-17(14)21-19(23)13-22-10-11-24-18(12-22)15-6-8-16(20)9-7-15/h6-9,14,17-18H,2-5,10-13H2,1H3,(H,21,23). The van der Waals surface area contributed by atoms with Crippen LogP contribution in [0.4, 0.5) is 4.39 Å². The number of halogens is 1. The van der Waals surface area contributed by atoms with E-state index in [2.05, 4.69) is 17.1 Å². The molecule has 2 aliphatic rings. The minimum atomic E-state index is -0.243. The normalized spacial score (nSPS) is 28.5. The SMILES string of the molecule is CC1CCCCC1NC(=O)CN1CCOC(c2ccc(F)cc2)C1. The van der Waals surface area contributed by atoms with Crippen LogP contribution < -0.4 is 5.32 Å². The van der Waals surface area contributed by atoms with Gasteiger partial charge in [0.05, 0.1) is 19.3 Å². The molecule has 0 spiro atoms. The number of amides is 1. The molecule has 4 nitrogen and oxygen atoms in total. The summed E-state index contributed by atoms with van der Waals surface area (Å²) in [6.07, 6.45) is 4.68. The van der Waals surface area contributed by atoms with Gasteiger partial charge in [-0.3, -0.25) is 9.69 Å². The van der Waals surface area contributed by atoms with E-state index in [1.807, 2.05) is 0 Å². The number of carbonyl (C=O) groups excluding carboxylic acids is 1. The first-order valence-corrected chi connectivity index (χ1v) is 9.00. The Kier molecular flexibility index (Phi) is 5.85. The number of nitrogens with one attached hydrogen (secondary N) is 1. The van der Waals surface area contributed by atoms with Crippen LogP contribution in [0.3, 0.4) is 0 Å². The Morgan fingerprint density at radius 1 is 1.29 bits per heavy atom. The highest BCUT2D eigenvalue weighted by Gasteiger charge is 2.26. The van der Waals surface area contributed by atoms with E-state index in [0.29, 0.717) is 31.7 Å². The Labute approximate surface area is 143 Å². The molecule has 0 bridgehead atoms. The minimum absolute atomic E-state index is 0.0965. The Balaban J connectivity index is 1.51. The molecule has 1 N–H and O–H groups in total. The number of rotatable bonds is 4. The van der Waals surface area contributed by atoms with Crippen LogP contribution in [0.25, 0.3) is 0 Å². The molecule has 3 atom stereocenters. The molecule has 0 radical (unpaired) electrons. The molecular formula is C19H27FN2O2. The van der Waals surface area contributed by atoms with Crippen LogP contribution >= 0.6 is 0 Å². The summed E-state index contributed by atoms with van der Waals surface area (Å²) in [4.78, 5) is 14.5. The zero-order valence-electron chi connectivity index (χ0n) is 14.3. The molecule has 2 fully saturated rings. The van der Waals surface area contributed by atoms with Gasteiger partial charge in [0.1, 0.15) is 5.82 Å². The maximum atomic E-state index is 13.1. The second-order valence-corrected chi connectivity index (χ2v) is 7.08. The molecule has 1 aromatic rings. The van der Waals surface area contributed by atoms with Crippen LogP contribution in [0.15, 0.2) is 24.3 Å². The maximum absolute atomic E-state index is 13.1. The molecule has 5 heteroatoms. The number of nitrogens with zero attached hydrogens (tertiary/aromatic N) is 1. The predicted octanol–water partition coefficient (Wildman–Crippen LogP) is 2.89. The van der Waals surface area contributed by atoms with Crippen molar-refractivity contribution in [1.82, 2.24) is 10.2 Å². The van der Waals surface area contributed by atoms with Crippen molar-refractivity contribution in [3.05, 3.63) is 35.6 Å². The van der Waals surface area contributed by atoms with Gasteiger partial charge in [0.25, 0.3) is 0 Å². The molecule has 24 heavy (non-hydrogen) atoms. The highest BCUT2D eigenvalue weighted by Crippen LogP contribution is 2.24. The molecule has 1 aromatic carbocycles. The van der Waals surface area contributed by atoms with Crippen LogP contribution in [-0.4, -0.2) is 43.1 Å². The molecule has 1 saturated heterocycles. The number of ether oxygens (including phenoxy) is 1. The first-order valence-electron chi connectivity index (χ1n) is 9.00. The van der Waals surface area contributed by atoms with E-state index in [9.17, 15) is 9.18 Å². The third-order valence-corrected chi connectivity index (χ3v) is 5.22. The van der Waals surface area contributed by atoms with E-state index >= 15 is 0 Å². The van der Waals surface area contributed by atoms with E-state index in [4.69, 9.17) is 4.74 Å². The van der Waals surface area contributed by atoms with E-state index in [1.165, 1.54) is 31.4 Å². The Morgan fingerprint density at radius 3 is 2.79 bits per heavy atom. The molecule has 0 aromatic heterocycles.